The second kappa shape index (κ2) is 13.2. The topological polar surface area (TPSA) is 49.4 Å². The van der Waals surface area contributed by atoms with Crippen LogP contribution in [0.4, 0.5) is 0 Å². The Morgan fingerprint density at radius 3 is 2.35 bits per heavy atom. The fourth-order valence-electron chi connectivity index (χ4n) is 3.13. The molecule has 0 aliphatic heterocycles. The minimum atomic E-state index is -0.536. The highest BCUT2D eigenvalue weighted by molar-refractivity contribution is 7.99. The summed E-state index contributed by atoms with van der Waals surface area (Å²) < 4.78 is 0. The third kappa shape index (κ3) is 8.23. The lowest BCUT2D eigenvalue weighted by atomic mass is 10.1. The van der Waals surface area contributed by atoms with Crippen molar-refractivity contribution in [3.63, 3.8) is 0 Å². The molecule has 0 spiro atoms. The van der Waals surface area contributed by atoms with Gasteiger partial charge in [-0.15, -0.1) is 11.8 Å². The first-order chi connectivity index (χ1) is 14.8. The number of hydrogen-bond acceptors (Lipinski definition) is 3. The molecule has 0 saturated heterocycles. The van der Waals surface area contributed by atoms with Crippen LogP contribution in [0.5, 0.6) is 0 Å². The van der Waals surface area contributed by atoms with Crippen LogP contribution in [0.1, 0.15) is 38.7 Å². The van der Waals surface area contributed by atoms with Gasteiger partial charge in [-0.25, -0.2) is 0 Å². The molecule has 1 N–H and O–H groups in total. The molecule has 8 heteroatoms. The predicted octanol–water partition coefficient (Wildman–Crippen LogP) is 6.46. The lowest BCUT2D eigenvalue weighted by Crippen LogP contribution is -2.49. The van der Waals surface area contributed by atoms with E-state index in [1.807, 2.05) is 44.2 Å². The van der Waals surface area contributed by atoms with Crippen molar-refractivity contribution in [2.45, 2.75) is 50.6 Å². The van der Waals surface area contributed by atoms with Gasteiger partial charge in [0.25, 0.3) is 0 Å². The van der Waals surface area contributed by atoms with E-state index in [9.17, 15) is 9.59 Å². The van der Waals surface area contributed by atoms with Crippen LogP contribution in [0.2, 0.25) is 15.1 Å². The van der Waals surface area contributed by atoms with Gasteiger partial charge in [-0.3, -0.25) is 9.59 Å². The highest BCUT2D eigenvalue weighted by Gasteiger charge is 2.28. The molecule has 0 bridgehead atoms. The lowest BCUT2D eigenvalue weighted by Gasteiger charge is -2.30. The first-order valence-electron chi connectivity index (χ1n) is 10.2. The van der Waals surface area contributed by atoms with Crippen molar-refractivity contribution in [2.24, 2.45) is 0 Å². The number of hydrogen-bond donors (Lipinski definition) is 1. The van der Waals surface area contributed by atoms with Crippen LogP contribution in [0.3, 0.4) is 0 Å². The van der Waals surface area contributed by atoms with Crippen LogP contribution < -0.4 is 5.32 Å². The Bertz CT molecular complexity index is 878. The van der Waals surface area contributed by atoms with Gasteiger partial charge in [-0.05, 0) is 67.5 Å². The highest BCUT2D eigenvalue weighted by Crippen LogP contribution is 2.25. The predicted molar refractivity (Wildman–Crippen MR) is 131 cm³/mol. The lowest BCUT2D eigenvalue weighted by molar-refractivity contribution is -0.141. The molecule has 2 aromatic rings. The Kier molecular flexibility index (Phi) is 11.0. The molecule has 2 amide bonds. The summed E-state index contributed by atoms with van der Waals surface area (Å²) in [6.45, 7) is 4.59. The van der Waals surface area contributed by atoms with Gasteiger partial charge in [0.2, 0.25) is 11.8 Å². The van der Waals surface area contributed by atoms with Gasteiger partial charge in [-0.1, -0.05) is 47.8 Å². The van der Waals surface area contributed by atoms with Gasteiger partial charge >= 0.3 is 0 Å². The summed E-state index contributed by atoms with van der Waals surface area (Å²) in [7, 11) is 0. The maximum Gasteiger partial charge on any atom is 0.242 e. The van der Waals surface area contributed by atoms with Crippen molar-refractivity contribution >= 4 is 58.4 Å². The average molecular weight is 502 g/mol. The normalized spacial score (nSPS) is 11.8. The molecule has 2 aromatic carbocycles. The van der Waals surface area contributed by atoms with Crippen LogP contribution >= 0.6 is 46.6 Å². The summed E-state index contributed by atoms with van der Waals surface area (Å²) in [5.41, 5.74) is 0.834. The van der Waals surface area contributed by atoms with E-state index in [2.05, 4.69) is 5.32 Å². The summed E-state index contributed by atoms with van der Waals surface area (Å²) in [6, 6.07) is 12.4. The SMILES string of the molecule is CCNC(=O)[C@H](CC)N(Cc1ccc(Cl)c(Cl)c1)C(=O)CCCSc1ccc(Cl)cc1. The van der Waals surface area contributed by atoms with E-state index in [1.165, 1.54) is 0 Å². The molecule has 0 aliphatic carbocycles. The number of carbonyl (C=O) groups is 2. The van der Waals surface area contributed by atoms with Crippen molar-refractivity contribution in [1.29, 1.82) is 0 Å². The second-order valence-corrected chi connectivity index (χ2v) is 9.41. The Morgan fingerprint density at radius 2 is 1.74 bits per heavy atom. The third-order valence-corrected chi connectivity index (χ3v) is 6.78. The molecule has 0 aromatic heterocycles. The molecule has 0 aliphatic rings. The maximum absolute atomic E-state index is 13.1. The highest BCUT2D eigenvalue weighted by atomic mass is 35.5. The van der Waals surface area contributed by atoms with E-state index in [1.54, 1.807) is 28.8 Å². The van der Waals surface area contributed by atoms with Crippen LogP contribution in [-0.2, 0) is 16.1 Å². The Labute approximate surface area is 203 Å². The van der Waals surface area contributed by atoms with Gasteiger partial charge in [0, 0.05) is 29.4 Å². The largest absolute Gasteiger partial charge is 0.355 e. The first kappa shape index (κ1) is 25.9. The Balaban J connectivity index is 2.06. The molecular formula is C23H27Cl3N2O2S. The molecule has 0 heterocycles. The number of likely N-dealkylation sites (N-methyl/N-ethyl adjacent to an activating group) is 1. The zero-order chi connectivity index (χ0) is 22.8. The van der Waals surface area contributed by atoms with Crippen molar-refractivity contribution in [3.05, 3.63) is 63.1 Å². The number of nitrogens with one attached hydrogen (secondary N) is 1. The number of nitrogens with zero attached hydrogens (tertiary/aromatic N) is 1. The average Bonchev–Trinajstić information content (AvgIpc) is 2.75. The Hall–Kier alpha value is -1.40. The first-order valence-corrected chi connectivity index (χ1v) is 12.4. The van der Waals surface area contributed by atoms with Crippen molar-refractivity contribution < 1.29 is 9.59 Å². The van der Waals surface area contributed by atoms with E-state index >= 15 is 0 Å². The summed E-state index contributed by atoms with van der Waals surface area (Å²) in [5.74, 6) is 0.598. The van der Waals surface area contributed by atoms with Gasteiger partial charge in [0.1, 0.15) is 6.04 Å². The minimum Gasteiger partial charge on any atom is -0.355 e. The summed E-state index contributed by atoms with van der Waals surface area (Å²) in [4.78, 5) is 28.5. The summed E-state index contributed by atoms with van der Waals surface area (Å²) in [6.07, 6.45) is 1.59. The molecule has 0 unspecified atom stereocenters. The molecule has 1 atom stereocenters. The van der Waals surface area contributed by atoms with Crippen LogP contribution in [0.25, 0.3) is 0 Å². The number of carbonyl (C=O) groups excluding carboxylic acids is 2. The quantitative estimate of drug-likeness (QED) is 0.284. The molecule has 0 radical (unpaired) electrons. The molecule has 168 valence electrons. The number of amides is 2. The summed E-state index contributed by atoms with van der Waals surface area (Å²) >= 11 is 19.8. The second-order valence-electron chi connectivity index (χ2n) is 6.99. The van der Waals surface area contributed by atoms with E-state index in [0.29, 0.717) is 47.4 Å². The molecule has 4 nitrogen and oxygen atoms in total. The van der Waals surface area contributed by atoms with E-state index < -0.39 is 6.04 Å². The van der Waals surface area contributed by atoms with Crippen molar-refractivity contribution in [3.8, 4) is 0 Å². The molecule has 0 saturated carbocycles. The van der Waals surface area contributed by atoms with Crippen LogP contribution in [0, 0.1) is 0 Å². The number of benzene rings is 2. The monoisotopic (exact) mass is 500 g/mol. The van der Waals surface area contributed by atoms with Crippen molar-refractivity contribution in [2.75, 3.05) is 12.3 Å². The smallest absolute Gasteiger partial charge is 0.242 e. The number of thioether (sulfide) groups is 1. The summed E-state index contributed by atoms with van der Waals surface area (Å²) in [5, 5.41) is 4.42. The fourth-order valence-corrected chi connectivity index (χ4v) is 4.43. The number of halogens is 3. The third-order valence-electron chi connectivity index (χ3n) is 4.69. The van der Waals surface area contributed by atoms with Gasteiger partial charge in [0.15, 0.2) is 0 Å². The molecule has 31 heavy (non-hydrogen) atoms. The van der Waals surface area contributed by atoms with Crippen LogP contribution in [-0.4, -0.2) is 35.1 Å². The van der Waals surface area contributed by atoms with E-state index in [-0.39, 0.29) is 11.8 Å². The van der Waals surface area contributed by atoms with Gasteiger partial charge in [-0.2, -0.15) is 0 Å². The standard InChI is InChI=1S/C23H27Cl3N2O2S/c1-3-21(23(30)27-4-2)28(15-16-7-12-19(25)20(26)14-16)22(29)6-5-13-31-18-10-8-17(24)9-11-18/h7-12,14,21H,3-6,13,15H2,1-2H3,(H,27,30)/t21-/m0/s1. The number of rotatable bonds is 11. The zero-order valence-corrected chi connectivity index (χ0v) is 20.8. The minimum absolute atomic E-state index is 0.0547. The van der Waals surface area contributed by atoms with Crippen molar-refractivity contribution in [1.82, 2.24) is 10.2 Å². The van der Waals surface area contributed by atoms with Gasteiger partial charge < -0.3 is 10.2 Å². The molecular weight excluding hydrogens is 475 g/mol. The van der Waals surface area contributed by atoms with Gasteiger partial charge in [0.05, 0.1) is 10.0 Å². The maximum atomic E-state index is 13.1. The zero-order valence-electron chi connectivity index (χ0n) is 17.7. The Morgan fingerprint density at radius 1 is 1.03 bits per heavy atom. The molecule has 0 fully saturated rings. The fraction of sp³-hybridized carbons (Fsp3) is 0.391. The van der Waals surface area contributed by atoms with E-state index in [0.717, 1.165) is 16.2 Å². The molecule has 2 rings (SSSR count). The van der Waals surface area contributed by atoms with Crippen LogP contribution in [0.15, 0.2) is 47.4 Å². The van der Waals surface area contributed by atoms with E-state index in [4.69, 9.17) is 34.8 Å².